The van der Waals surface area contributed by atoms with Gasteiger partial charge in [0.05, 0.1) is 5.69 Å². The standard InChI is InChI=1S/C11H13N3O/c1-7-2-3-9-8(6-7)10-11(15)12-4-5-14(10)13-9/h4-5,7H,2-3,6H2,1H3,(H,12,15)/t7-/m1/s1. The fourth-order valence-electron chi connectivity index (χ4n) is 2.37. The van der Waals surface area contributed by atoms with Gasteiger partial charge in [0, 0.05) is 18.0 Å². The third-order valence-electron chi connectivity index (χ3n) is 3.16. The highest BCUT2D eigenvalue weighted by Gasteiger charge is 2.22. The Kier molecular flexibility index (Phi) is 1.71. The quantitative estimate of drug-likeness (QED) is 0.698. The van der Waals surface area contributed by atoms with Gasteiger partial charge in [0.1, 0.15) is 5.52 Å². The zero-order valence-corrected chi connectivity index (χ0v) is 8.66. The van der Waals surface area contributed by atoms with Gasteiger partial charge >= 0.3 is 0 Å². The maximum Gasteiger partial charge on any atom is 0.274 e. The Labute approximate surface area is 86.9 Å². The fourth-order valence-corrected chi connectivity index (χ4v) is 2.37. The molecule has 0 saturated carbocycles. The monoisotopic (exact) mass is 203 g/mol. The molecule has 2 aromatic rings. The van der Waals surface area contributed by atoms with E-state index in [1.54, 1.807) is 16.9 Å². The third kappa shape index (κ3) is 1.21. The lowest BCUT2D eigenvalue weighted by Crippen LogP contribution is -2.13. The van der Waals surface area contributed by atoms with E-state index in [1.807, 2.05) is 0 Å². The Morgan fingerprint density at radius 2 is 2.47 bits per heavy atom. The van der Waals surface area contributed by atoms with Crippen LogP contribution in [0.25, 0.3) is 5.52 Å². The number of aromatic amines is 1. The summed E-state index contributed by atoms with van der Waals surface area (Å²) in [5.41, 5.74) is 2.96. The largest absolute Gasteiger partial charge is 0.326 e. The minimum atomic E-state index is -0.0275. The van der Waals surface area contributed by atoms with Crippen LogP contribution < -0.4 is 5.56 Å². The van der Waals surface area contributed by atoms with E-state index in [9.17, 15) is 4.79 Å². The van der Waals surface area contributed by atoms with Crippen molar-refractivity contribution in [1.29, 1.82) is 0 Å². The van der Waals surface area contributed by atoms with Gasteiger partial charge in [0.25, 0.3) is 5.56 Å². The van der Waals surface area contributed by atoms with E-state index in [2.05, 4.69) is 17.0 Å². The Morgan fingerprint density at radius 1 is 1.60 bits per heavy atom. The van der Waals surface area contributed by atoms with Crippen LogP contribution >= 0.6 is 0 Å². The molecule has 0 bridgehead atoms. The van der Waals surface area contributed by atoms with Crippen LogP contribution in [-0.2, 0) is 12.8 Å². The first kappa shape index (κ1) is 8.71. The summed E-state index contributed by atoms with van der Waals surface area (Å²) in [7, 11) is 0. The Morgan fingerprint density at radius 3 is 3.33 bits per heavy atom. The zero-order chi connectivity index (χ0) is 10.4. The van der Waals surface area contributed by atoms with Crippen LogP contribution in [0.1, 0.15) is 24.6 Å². The maximum atomic E-state index is 11.7. The molecule has 2 aromatic heterocycles. The van der Waals surface area contributed by atoms with Gasteiger partial charge in [-0.25, -0.2) is 4.52 Å². The van der Waals surface area contributed by atoms with Crippen molar-refractivity contribution in [2.45, 2.75) is 26.2 Å². The molecule has 1 aliphatic carbocycles. The van der Waals surface area contributed by atoms with E-state index in [-0.39, 0.29) is 5.56 Å². The zero-order valence-electron chi connectivity index (χ0n) is 8.66. The van der Waals surface area contributed by atoms with Crippen LogP contribution in [0.3, 0.4) is 0 Å². The first-order valence-corrected chi connectivity index (χ1v) is 5.33. The molecule has 0 saturated heterocycles. The van der Waals surface area contributed by atoms with Gasteiger partial charge in [0.15, 0.2) is 0 Å². The fraction of sp³-hybridized carbons (Fsp3) is 0.455. The average molecular weight is 203 g/mol. The number of hydrogen-bond acceptors (Lipinski definition) is 2. The molecular weight excluding hydrogens is 190 g/mol. The minimum Gasteiger partial charge on any atom is -0.326 e. The van der Waals surface area contributed by atoms with Gasteiger partial charge in [0.2, 0.25) is 0 Å². The molecule has 0 unspecified atom stereocenters. The molecule has 4 nitrogen and oxygen atoms in total. The molecule has 0 aliphatic heterocycles. The van der Waals surface area contributed by atoms with Gasteiger partial charge in [-0.05, 0) is 25.2 Å². The number of nitrogens with zero attached hydrogens (tertiary/aromatic N) is 2. The minimum absolute atomic E-state index is 0.0275. The van der Waals surface area contributed by atoms with Gasteiger partial charge in [-0.15, -0.1) is 0 Å². The molecule has 0 radical (unpaired) electrons. The lowest BCUT2D eigenvalue weighted by molar-refractivity contribution is 0.498. The smallest absolute Gasteiger partial charge is 0.274 e. The SMILES string of the molecule is C[C@@H]1CCc2nn3cc[nH]c(=O)c3c2C1. The highest BCUT2D eigenvalue weighted by molar-refractivity contribution is 5.55. The number of H-pyrrole nitrogens is 1. The van der Waals surface area contributed by atoms with Crippen molar-refractivity contribution in [3.63, 3.8) is 0 Å². The van der Waals surface area contributed by atoms with Crippen LogP contribution in [0.4, 0.5) is 0 Å². The first-order chi connectivity index (χ1) is 7.25. The summed E-state index contributed by atoms with van der Waals surface area (Å²) in [5, 5.41) is 4.45. The average Bonchev–Trinajstić information content (AvgIpc) is 2.57. The van der Waals surface area contributed by atoms with Crippen LogP contribution in [0.15, 0.2) is 17.2 Å². The number of aryl methyl sites for hydroxylation is 1. The molecule has 3 rings (SSSR count). The summed E-state index contributed by atoms with van der Waals surface area (Å²) in [4.78, 5) is 14.4. The second kappa shape index (κ2) is 2.95. The first-order valence-electron chi connectivity index (χ1n) is 5.33. The Bertz CT molecular complexity index is 567. The molecule has 4 heteroatoms. The summed E-state index contributed by atoms with van der Waals surface area (Å²) in [6.07, 6.45) is 6.59. The lowest BCUT2D eigenvalue weighted by atomic mass is 9.88. The third-order valence-corrected chi connectivity index (χ3v) is 3.16. The van der Waals surface area contributed by atoms with Crippen LogP contribution in [0.2, 0.25) is 0 Å². The second-order valence-electron chi connectivity index (χ2n) is 4.36. The summed E-state index contributed by atoms with van der Waals surface area (Å²) in [6, 6.07) is 0. The predicted molar refractivity (Wildman–Crippen MR) is 57.0 cm³/mol. The van der Waals surface area contributed by atoms with Crippen molar-refractivity contribution in [2.24, 2.45) is 5.92 Å². The van der Waals surface area contributed by atoms with Crippen molar-refractivity contribution in [2.75, 3.05) is 0 Å². The molecule has 0 amide bonds. The van der Waals surface area contributed by atoms with Gasteiger partial charge in [-0.3, -0.25) is 4.79 Å². The lowest BCUT2D eigenvalue weighted by Gasteiger charge is -2.16. The molecule has 15 heavy (non-hydrogen) atoms. The molecule has 0 aromatic carbocycles. The molecule has 1 aliphatic rings. The Balaban J connectivity index is 2.35. The number of hydrogen-bond donors (Lipinski definition) is 1. The second-order valence-corrected chi connectivity index (χ2v) is 4.36. The molecule has 1 N–H and O–H groups in total. The molecule has 78 valence electrons. The van der Waals surface area contributed by atoms with Crippen LogP contribution in [0.5, 0.6) is 0 Å². The van der Waals surface area contributed by atoms with E-state index >= 15 is 0 Å². The topological polar surface area (TPSA) is 50.2 Å². The van der Waals surface area contributed by atoms with Gasteiger partial charge in [-0.1, -0.05) is 6.92 Å². The molecule has 1 atom stereocenters. The van der Waals surface area contributed by atoms with E-state index < -0.39 is 0 Å². The highest BCUT2D eigenvalue weighted by atomic mass is 16.1. The van der Waals surface area contributed by atoms with Crippen molar-refractivity contribution in [3.8, 4) is 0 Å². The van der Waals surface area contributed by atoms with Crippen molar-refractivity contribution < 1.29 is 0 Å². The van der Waals surface area contributed by atoms with E-state index in [0.29, 0.717) is 5.92 Å². The van der Waals surface area contributed by atoms with Crippen molar-refractivity contribution >= 4 is 5.52 Å². The number of nitrogens with one attached hydrogen (secondary N) is 1. The van der Waals surface area contributed by atoms with Crippen LogP contribution in [0, 0.1) is 5.92 Å². The van der Waals surface area contributed by atoms with Crippen LogP contribution in [-0.4, -0.2) is 14.6 Å². The normalized spacial score (nSPS) is 20.5. The Hall–Kier alpha value is -1.58. The summed E-state index contributed by atoms with van der Waals surface area (Å²) < 4.78 is 1.71. The van der Waals surface area contributed by atoms with E-state index in [4.69, 9.17) is 0 Å². The van der Waals surface area contributed by atoms with E-state index in [0.717, 1.165) is 29.6 Å². The summed E-state index contributed by atoms with van der Waals surface area (Å²) in [6.45, 7) is 2.23. The predicted octanol–water partition coefficient (Wildman–Crippen LogP) is 1.15. The molecule has 0 spiro atoms. The van der Waals surface area contributed by atoms with Crippen molar-refractivity contribution in [3.05, 3.63) is 34.0 Å². The highest BCUT2D eigenvalue weighted by Crippen LogP contribution is 2.26. The van der Waals surface area contributed by atoms with E-state index in [1.165, 1.54) is 6.42 Å². The molecular formula is C11H13N3O. The molecule has 0 fully saturated rings. The van der Waals surface area contributed by atoms with Gasteiger partial charge < -0.3 is 4.98 Å². The maximum absolute atomic E-state index is 11.7. The summed E-state index contributed by atoms with van der Waals surface area (Å²) in [5.74, 6) is 0.658. The number of fused-ring (bicyclic) bond motifs is 3. The number of rotatable bonds is 0. The van der Waals surface area contributed by atoms with Crippen molar-refractivity contribution in [1.82, 2.24) is 14.6 Å². The van der Waals surface area contributed by atoms with Gasteiger partial charge in [-0.2, -0.15) is 5.10 Å². The summed E-state index contributed by atoms with van der Waals surface area (Å²) >= 11 is 0. The number of aromatic nitrogens is 3. The molecule has 2 heterocycles.